The molecule has 0 unspecified atom stereocenters. The minimum absolute atomic E-state index is 0.00371. The molecule has 2 aromatic rings. The van der Waals surface area contributed by atoms with E-state index in [1.165, 1.54) is 30.0 Å². The fourth-order valence-corrected chi connectivity index (χ4v) is 3.62. The molecule has 1 amide bonds. The molecule has 3 rings (SSSR count). The van der Waals surface area contributed by atoms with Gasteiger partial charge in [0, 0.05) is 24.9 Å². The zero-order chi connectivity index (χ0) is 21.5. The maximum Gasteiger partial charge on any atom is 0.433 e. The zero-order valence-corrected chi connectivity index (χ0v) is 16.5. The molecule has 0 spiro atoms. The van der Waals surface area contributed by atoms with Gasteiger partial charge < -0.3 is 15.1 Å². The van der Waals surface area contributed by atoms with E-state index in [9.17, 15) is 28.2 Å². The second-order valence-corrected chi connectivity index (χ2v) is 7.25. The van der Waals surface area contributed by atoms with E-state index in [4.69, 9.17) is 23.2 Å². The van der Waals surface area contributed by atoms with Gasteiger partial charge in [0.15, 0.2) is 11.5 Å². The highest BCUT2D eigenvalue weighted by Crippen LogP contribution is 2.46. The lowest BCUT2D eigenvalue weighted by Gasteiger charge is -2.30. The van der Waals surface area contributed by atoms with Crippen molar-refractivity contribution in [2.24, 2.45) is 0 Å². The molecule has 2 heterocycles. The fraction of sp³-hybridized carbons (Fsp3) is 0.263. The molecule has 154 valence electrons. The summed E-state index contributed by atoms with van der Waals surface area (Å²) in [6, 6.07) is 2.10. The van der Waals surface area contributed by atoms with Crippen molar-refractivity contribution in [3.8, 4) is 11.5 Å². The Kier molecular flexibility index (Phi) is 5.69. The van der Waals surface area contributed by atoms with Gasteiger partial charge in [0.2, 0.25) is 5.91 Å². The fourth-order valence-electron chi connectivity index (χ4n) is 3.06. The van der Waals surface area contributed by atoms with Crippen LogP contribution in [0.5, 0.6) is 11.5 Å². The number of aryl methyl sites for hydroxylation is 1. The van der Waals surface area contributed by atoms with Crippen LogP contribution in [0, 0.1) is 6.92 Å². The molecular formula is C19H15Cl2F3N2O3. The van der Waals surface area contributed by atoms with Crippen molar-refractivity contribution in [3.05, 3.63) is 56.3 Å². The molecule has 0 radical (unpaired) electrons. The Morgan fingerprint density at radius 3 is 2.38 bits per heavy atom. The lowest BCUT2D eigenvalue weighted by atomic mass is 9.98. The number of fused-ring (bicyclic) bond motifs is 1. The van der Waals surface area contributed by atoms with E-state index in [1.54, 1.807) is 0 Å². The van der Waals surface area contributed by atoms with E-state index >= 15 is 0 Å². The average molecular weight is 447 g/mol. The summed E-state index contributed by atoms with van der Waals surface area (Å²) < 4.78 is 38.1. The molecule has 0 saturated carbocycles. The van der Waals surface area contributed by atoms with Gasteiger partial charge in [-0.3, -0.25) is 4.79 Å². The van der Waals surface area contributed by atoms with Crippen molar-refractivity contribution < 1.29 is 28.2 Å². The molecule has 0 bridgehead atoms. The van der Waals surface area contributed by atoms with Crippen LogP contribution in [0.15, 0.2) is 18.2 Å². The third-order valence-electron chi connectivity index (χ3n) is 4.65. The van der Waals surface area contributed by atoms with Gasteiger partial charge in [0.25, 0.3) is 0 Å². The minimum atomic E-state index is -4.54. The monoisotopic (exact) mass is 446 g/mol. The normalized spacial score (nSPS) is 14.3. The maximum atomic E-state index is 12.7. The first-order chi connectivity index (χ1) is 13.5. The van der Waals surface area contributed by atoms with Gasteiger partial charge >= 0.3 is 6.18 Å². The average Bonchev–Trinajstić information content (AvgIpc) is 2.68. The van der Waals surface area contributed by atoms with Crippen LogP contribution in [0.2, 0.25) is 10.0 Å². The van der Waals surface area contributed by atoms with Crippen molar-refractivity contribution >= 4 is 35.2 Å². The maximum absolute atomic E-state index is 12.7. The van der Waals surface area contributed by atoms with Crippen molar-refractivity contribution in [2.45, 2.75) is 26.1 Å². The second kappa shape index (κ2) is 7.76. The van der Waals surface area contributed by atoms with Crippen LogP contribution in [0.3, 0.4) is 0 Å². The van der Waals surface area contributed by atoms with Gasteiger partial charge in [0.05, 0.1) is 10.0 Å². The molecule has 0 atom stereocenters. The summed E-state index contributed by atoms with van der Waals surface area (Å²) in [4.78, 5) is 17.5. The highest BCUT2D eigenvalue weighted by Gasteiger charge is 2.32. The van der Waals surface area contributed by atoms with Gasteiger partial charge in [-0.05, 0) is 42.2 Å². The van der Waals surface area contributed by atoms with Crippen molar-refractivity contribution in [1.82, 2.24) is 9.88 Å². The first-order valence-corrected chi connectivity index (χ1v) is 9.18. The number of hydrogen-bond acceptors (Lipinski definition) is 4. The van der Waals surface area contributed by atoms with Gasteiger partial charge in [-0.25, -0.2) is 4.98 Å². The number of carbonyl (C=O) groups is 1. The first-order valence-electron chi connectivity index (χ1n) is 8.43. The Bertz CT molecular complexity index is 1020. The predicted octanol–water partition coefficient (Wildman–Crippen LogP) is 4.72. The molecule has 0 saturated heterocycles. The summed E-state index contributed by atoms with van der Waals surface area (Å²) >= 11 is 12.1. The number of alkyl halides is 3. The summed E-state index contributed by atoms with van der Waals surface area (Å²) in [5.41, 5.74) is 0.520. The van der Waals surface area contributed by atoms with Crippen LogP contribution in [-0.4, -0.2) is 32.5 Å². The number of rotatable bonds is 2. The smallest absolute Gasteiger partial charge is 0.433 e. The summed E-state index contributed by atoms with van der Waals surface area (Å²) in [6.45, 7) is 1.78. The molecule has 29 heavy (non-hydrogen) atoms. The van der Waals surface area contributed by atoms with E-state index in [0.29, 0.717) is 29.7 Å². The first kappa shape index (κ1) is 21.3. The third-order valence-corrected chi connectivity index (χ3v) is 5.46. The number of aromatic hydroxyl groups is 2. The van der Waals surface area contributed by atoms with Crippen LogP contribution in [0.25, 0.3) is 6.08 Å². The molecule has 5 nitrogen and oxygen atoms in total. The number of phenolic OH excluding ortho intramolecular Hbond substituents is 2. The Balaban J connectivity index is 1.80. The lowest BCUT2D eigenvalue weighted by Crippen LogP contribution is -2.35. The minimum Gasteiger partial charge on any atom is -0.503 e. The molecule has 1 aliphatic rings. The summed E-state index contributed by atoms with van der Waals surface area (Å²) in [5.74, 6) is -1.44. The Morgan fingerprint density at radius 2 is 1.79 bits per heavy atom. The van der Waals surface area contributed by atoms with Gasteiger partial charge in [0.1, 0.15) is 5.69 Å². The number of pyridine rings is 1. The molecule has 1 aromatic heterocycles. The van der Waals surface area contributed by atoms with Gasteiger partial charge in [-0.15, -0.1) is 0 Å². The van der Waals surface area contributed by atoms with E-state index in [0.717, 1.165) is 6.07 Å². The summed E-state index contributed by atoms with van der Waals surface area (Å²) in [6.07, 6.45) is -1.59. The van der Waals surface area contributed by atoms with E-state index in [2.05, 4.69) is 4.98 Å². The Morgan fingerprint density at radius 1 is 1.17 bits per heavy atom. The van der Waals surface area contributed by atoms with Crippen LogP contribution in [0.1, 0.15) is 28.1 Å². The Hall–Kier alpha value is -2.45. The topological polar surface area (TPSA) is 73.7 Å². The largest absolute Gasteiger partial charge is 0.503 e. The molecule has 2 N–H and O–H groups in total. The van der Waals surface area contributed by atoms with Crippen LogP contribution < -0.4 is 0 Å². The van der Waals surface area contributed by atoms with Crippen LogP contribution >= 0.6 is 23.2 Å². The van der Waals surface area contributed by atoms with Crippen LogP contribution in [0.4, 0.5) is 13.2 Å². The zero-order valence-electron chi connectivity index (χ0n) is 15.0. The highest BCUT2D eigenvalue weighted by molar-refractivity contribution is 6.36. The van der Waals surface area contributed by atoms with Gasteiger partial charge in [-0.1, -0.05) is 29.3 Å². The van der Waals surface area contributed by atoms with E-state index in [-0.39, 0.29) is 22.3 Å². The predicted molar refractivity (Wildman–Crippen MR) is 102 cm³/mol. The van der Waals surface area contributed by atoms with E-state index < -0.39 is 29.3 Å². The third kappa shape index (κ3) is 4.13. The summed E-state index contributed by atoms with van der Waals surface area (Å²) in [7, 11) is 0. The molecular weight excluding hydrogens is 432 g/mol. The summed E-state index contributed by atoms with van der Waals surface area (Å²) in [5, 5.41) is 19.6. The van der Waals surface area contributed by atoms with Crippen molar-refractivity contribution in [2.75, 3.05) is 6.54 Å². The quantitative estimate of drug-likeness (QED) is 0.516. The number of phenols is 2. The van der Waals surface area contributed by atoms with Crippen LogP contribution in [-0.2, 0) is 23.9 Å². The number of hydrogen-bond donors (Lipinski definition) is 2. The lowest BCUT2D eigenvalue weighted by molar-refractivity contribution is -0.141. The molecule has 10 heteroatoms. The molecule has 1 aromatic carbocycles. The van der Waals surface area contributed by atoms with Crippen molar-refractivity contribution in [3.63, 3.8) is 0 Å². The number of carbonyl (C=O) groups excluding carboxylic acids is 1. The molecule has 1 aliphatic heterocycles. The Labute approximate surface area is 174 Å². The number of halogens is 5. The van der Waals surface area contributed by atoms with Crippen molar-refractivity contribution in [1.29, 1.82) is 0 Å². The van der Waals surface area contributed by atoms with E-state index in [1.807, 2.05) is 0 Å². The van der Waals surface area contributed by atoms with Gasteiger partial charge in [-0.2, -0.15) is 13.2 Å². The molecule has 0 aliphatic carbocycles. The standard InChI is InChI=1S/C19H15Cl2F3N2O3/c1-9-10(2-4-13(25-9)19(22,23)24)3-5-14(27)26-7-6-11-12(8-26)16(21)18(29)17(28)15(11)20/h2-5,28-29H,6-8H2,1H3. The number of benzene rings is 1. The number of nitrogens with zero attached hydrogens (tertiary/aromatic N) is 2. The number of amides is 1. The molecule has 0 fully saturated rings. The highest BCUT2D eigenvalue weighted by atomic mass is 35.5. The number of aromatic nitrogens is 1. The SMILES string of the molecule is Cc1nc(C(F)(F)F)ccc1C=CC(=O)N1CCc2c(Cl)c(O)c(O)c(Cl)c2C1. The second-order valence-electron chi connectivity index (χ2n) is 6.49.